The summed E-state index contributed by atoms with van der Waals surface area (Å²) in [4.78, 5) is 71.1. The Bertz CT molecular complexity index is 1220. The van der Waals surface area contributed by atoms with E-state index in [0.717, 1.165) is 57.8 Å². The molecule has 42 heavy (non-hydrogen) atoms. The predicted octanol–water partition coefficient (Wildman–Crippen LogP) is 4.29. The minimum Gasteiger partial charge on any atom is -0.480 e. The first-order valence-electron chi connectivity index (χ1n) is 15.6. The summed E-state index contributed by atoms with van der Waals surface area (Å²) in [5.74, 6) is -2.59. The quantitative estimate of drug-likeness (QED) is 0.335. The highest BCUT2D eigenvalue weighted by molar-refractivity contribution is 6.08. The number of rotatable bonds is 8. The Morgan fingerprint density at radius 2 is 1.55 bits per heavy atom. The second kappa shape index (κ2) is 12.6. The van der Waals surface area contributed by atoms with Gasteiger partial charge in [0.15, 0.2) is 5.78 Å². The molecule has 5 atom stereocenters. The van der Waals surface area contributed by atoms with Gasteiger partial charge >= 0.3 is 5.97 Å². The highest BCUT2D eigenvalue weighted by atomic mass is 16.4. The molecular formula is C32H48N4O6. The zero-order chi connectivity index (χ0) is 30.9. The number of aryl methyl sites for hydroxylation is 1. The van der Waals surface area contributed by atoms with Crippen molar-refractivity contribution in [2.24, 2.45) is 17.3 Å². The van der Waals surface area contributed by atoms with Crippen molar-refractivity contribution >= 4 is 29.5 Å². The third kappa shape index (κ3) is 6.42. The van der Waals surface area contributed by atoms with Crippen molar-refractivity contribution in [3.8, 4) is 0 Å². The number of fused-ring (bicyclic) bond motifs is 1. The summed E-state index contributed by atoms with van der Waals surface area (Å²) in [6, 6.07) is -2.94. The molecule has 2 heterocycles. The number of hydrogen-bond donors (Lipinski definition) is 4. The number of nitrogens with one attached hydrogen (secondary N) is 3. The molecular weight excluding hydrogens is 536 g/mol. The molecule has 0 radical (unpaired) electrons. The molecule has 10 heteroatoms. The fourth-order valence-corrected chi connectivity index (χ4v) is 7.43. The number of aromatic nitrogens is 1. The van der Waals surface area contributed by atoms with Crippen molar-refractivity contribution in [3.05, 3.63) is 22.5 Å². The zero-order valence-corrected chi connectivity index (χ0v) is 26.0. The van der Waals surface area contributed by atoms with Gasteiger partial charge in [0.25, 0.3) is 5.91 Å². The molecule has 1 aliphatic heterocycles. The summed E-state index contributed by atoms with van der Waals surface area (Å²) in [6.45, 7) is 10.6. The standard InChI is InChI=1S/C32H48N4O6/c1-17-18(2)33-26(24(17)19(3)37)29(39)34-25(20-12-8-7-9-13-20)28(38)35-27(32(4,5)6)30(40)36-22-15-11-10-14-21(22)16-23(36)31(41)42/h20-23,25,27,33H,7-16H2,1-6H3,(H,34,39)(H,35,38)(H,41,42)/t21?,22-,23-,25-,27+/m0/s1. The number of carbonyl (C=O) groups excluding carboxylic acids is 4. The Balaban J connectivity index is 1.63. The number of carbonyl (C=O) groups is 5. The van der Waals surface area contributed by atoms with E-state index < -0.39 is 41.3 Å². The number of hydrogen-bond acceptors (Lipinski definition) is 5. The van der Waals surface area contributed by atoms with E-state index in [1.54, 1.807) is 18.7 Å². The first-order chi connectivity index (χ1) is 19.7. The van der Waals surface area contributed by atoms with Gasteiger partial charge in [0.05, 0.1) is 5.56 Å². The van der Waals surface area contributed by atoms with Crippen molar-refractivity contribution in [2.75, 3.05) is 0 Å². The van der Waals surface area contributed by atoms with E-state index >= 15 is 0 Å². The van der Waals surface area contributed by atoms with Crippen LogP contribution >= 0.6 is 0 Å². The maximum absolute atomic E-state index is 14.2. The van der Waals surface area contributed by atoms with E-state index in [4.69, 9.17) is 0 Å². The van der Waals surface area contributed by atoms with Crippen LogP contribution in [0.4, 0.5) is 0 Å². The lowest BCUT2D eigenvalue weighted by atomic mass is 9.81. The zero-order valence-electron chi connectivity index (χ0n) is 26.0. The van der Waals surface area contributed by atoms with Crippen LogP contribution in [0.3, 0.4) is 0 Å². The van der Waals surface area contributed by atoms with E-state index in [1.165, 1.54) is 6.92 Å². The highest BCUT2D eigenvalue weighted by Crippen LogP contribution is 2.41. The van der Waals surface area contributed by atoms with E-state index in [1.807, 2.05) is 20.8 Å². The number of nitrogens with zero attached hydrogens (tertiary/aromatic N) is 1. The van der Waals surface area contributed by atoms with Gasteiger partial charge in [-0.25, -0.2) is 4.79 Å². The average molecular weight is 585 g/mol. The largest absolute Gasteiger partial charge is 0.480 e. The smallest absolute Gasteiger partial charge is 0.326 e. The molecule has 0 spiro atoms. The molecule has 3 fully saturated rings. The summed E-state index contributed by atoms with van der Waals surface area (Å²) >= 11 is 0. The number of Topliss-reactive ketones (excluding diaryl/α,β-unsaturated/α-hetero) is 1. The minimum atomic E-state index is -1.01. The van der Waals surface area contributed by atoms with Crippen LogP contribution in [0, 0.1) is 31.1 Å². The summed E-state index contributed by atoms with van der Waals surface area (Å²) in [7, 11) is 0. The topological polar surface area (TPSA) is 149 Å². The molecule has 4 N–H and O–H groups in total. The summed E-state index contributed by atoms with van der Waals surface area (Å²) in [6.07, 6.45) is 8.51. The fraction of sp³-hybridized carbons (Fsp3) is 0.719. The molecule has 232 valence electrons. The maximum Gasteiger partial charge on any atom is 0.326 e. The molecule has 10 nitrogen and oxygen atoms in total. The van der Waals surface area contributed by atoms with Gasteiger partial charge in [-0.05, 0) is 75.7 Å². The summed E-state index contributed by atoms with van der Waals surface area (Å²) < 4.78 is 0. The molecule has 1 saturated heterocycles. The van der Waals surface area contributed by atoms with Crippen LogP contribution < -0.4 is 10.6 Å². The van der Waals surface area contributed by atoms with Crippen molar-refractivity contribution in [1.82, 2.24) is 20.5 Å². The molecule has 1 unspecified atom stereocenters. The Kier molecular flexibility index (Phi) is 9.52. The van der Waals surface area contributed by atoms with Crippen LogP contribution in [0.2, 0.25) is 0 Å². The molecule has 1 aromatic heterocycles. The molecule has 4 rings (SSSR count). The Morgan fingerprint density at radius 3 is 2.14 bits per heavy atom. The lowest BCUT2D eigenvalue weighted by molar-refractivity contribution is -0.153. The van der Waals surface area contributed by atoms with Crippen LogP contribution in [0.5, 0.6) is 0 Å². The van der Waals surface area contributed by atoms with E-state index in [9.17, 15) is 29.1 Å². The number of amides is 3. The fourth-order valence-electron chi connectivity index (χ4n) is 7.43. The normalized spacial score (nSPS) is 24.4. The third-order valence-electron chi connectivity index (χ3n) is 9.80. The Labute approximate surface area is 248 Å². The number of ketones is 1. The SMILES string of the molecule is CC(=O)c1c(C(=O)N[C@H](C(=O)N[C@H](C(=O)N2[C@H](C(=O)O)CC3CCCC[C@@H]32)C(C)(C)C)C2CCCCC2)[nH]c(C)c1C. The first-order valence-corrected chi connectivity index (χ1v) is 15.6. The first kappa shape index (κ1) is 31.8. The van der Waals surface area contributed by atoms with Gasteiger partial charge in [0.2, 0.25) is 11.8 Å². The summed E-state index contributed by atoms with van der Waals surface area (Å²) in [5.41, 5.74) is 1.15. The van der Waals surface area contributed by atoms with Crippen LogP contribution in [0.15, 0.2) is 0 Å². The highest BCUT2D eigenvalue weighted by Gasteiger charge is 2.51. The molecule has 2 aliphatic carbocycles. The number of carboxylic acids is 1. The number of aliphatic carboxylic acids is 1. The van der Waals surface area contributed by atoms with Gasteiger partial charge in [0.1, 0.15) is 23.8 Å². The second-order valence-corrected chi connectivity index (χ2v) is 13.8. The van der Waals surface area contributed by atoms with E-state index in [-0.39, 0.29) is 35.3 Å². The van der Waals surface area contributed by atoms with Crippen LogP contribution in [0.1, 0.15) is 124 Å². The van der Waals surface area contributed by atoms with E-state index in [2.05, 4.69) is 15.6 Å². The molecule has 3 aliphatic rings. The number of aromatic amines is 1. The van der Waals surface area contributed by atoms with Crippen molar-refractivity contribution < 1.29 is 29.1 Å². The van der Waals surface area contributed by atoms with Gasteiger partial charge in [-0.15, -0.1) is 0 Å². The molecule has 0 bridgehead atoms. The Hall–Kier alpha value is -3.17. The van der Waals surface area contributed by atoms with Crippen LogP contribution in [-0.2, 0) is 14.4 Å². The maximum atomic E-state index is 14.2. The van der Waals surface area contributed by atoms with Crippen molar-refractivity contribution in [3.63, 3.8) is 0 Å². The van der Waals surface area contributed by atoms with Crippen LogP contribution in [-0.4, -0.2) is 68.6 Å². The van der Waals surface area contributed by atoms with E-state index in [0.29, 0.717) is 23.2 Å². The predicted molar refractivity (Wildman–Crippen MR) is 158 cm³/mol. The number of H-pyrrole nitrogens is 1. The van der Waals surface area contributed by atoms with Gasteiger partial charge in [-0.1, -0.05) is 52.9 Å². The van der Waals surface area contributed by atoms with Gasteiger partial charge in [-0.2, -0.15) is 0 Å². The van der Waals surface area contributed by atoms with Gasteiger partial charge in [0, 0.05) is 11.7 Å². The lowest BCUT2D eigenvalue weighted by Crippen LogP contribution is -2.62. The molecule has 3 amide bonds. The number of carboxylic acid groups (broad SMARTS) is 1. The van der Waals surface area contributed by atoms with Crippen LogP contribution in [0.25, 0.3) is 0 Å². The summed E-state index contributed by atoms with van der Waals surface area (Å²) in [5, 5.41) is 15.9. The lowest BCUT2D eigenvalue weighted by Gasteiger charge is -2.40. The van der Waals surface area contributed by atoms with Gasteiger partial charge in [-0.3, -0.25) is 19.2 Å². The monoisotopic (exact) mass is 584 g/mol. The number of likely N-dealkylation sites (tertiary alicyclic amines) is 1. The molecule has 2 saturated carbocycles. The minimum absolute atomic E-state index is 0.127. The average Bonchev–Trinajstić information content (AvgIpc) is 3.47. The van der Waals surface area contributed by atoms with Gasteiger partial charge < -0.3 is 25.6 Å². The van der Waals surface area contributed by atoms with Crippen molar-refractivity contribution in [2.45, 2.75) is 130 Å². The molecule has 0 aromatic carbocycles. The molecule has 1 aromatic rings. The van der Waals surface area contributed by atoms with Crippen molar-refractivity contribution in [1.29, 1.82) is 0 Å². The Morgan fingerprint density at radius 1 is 0.929 bits per heavy atom. The third-order valence-corrected chi connectivity index (χ3v) is 9.80. The second-order valence-electron chi connectivity index (χ2n) is 13.8.